The van der Waals surface area contributed by atoms with Crippen molar-refractivity contribution in [2.75, 3.05) is 18.9 Å². The molecule has 0 aromatic carbocycles. The van der Waals surface area contributed by atoms with Crippen LogP contribution < -0.4 is 16.0 Å². The number of aliphatic hydroxyl groups is 6. The third-order valence-electron chi connectivity index (χ3n) is 4.11. The second-order valence-electron chi connectivity index (χ2n) is 6.33. The van der Waals surface area contributed by atoms with E-state index < -0.39 is 47.6 Å². The molecule has 0 spiro atoms. The Morgan fingerprint density at radius 1 is 1.11 bits per heavy atom. The zero-order valence-corrected chi connectivity index (χ0v) is 15.5. The lowest BCUT2D eigenvalue weighted by Crippen LogP contribution is -2.59. The van der Waals surface area contributed by atoms with Crippen LogP contribution in [-0.4, -0.2) is 93.3 Å². The first kappa shape index (κ1) is 24.0. The van der Waals surface area contributed by atoms with Gasteiger partial charge in [0, 0.05) is 12.1 Å². The van der Waals surface area contributed by atoms with Crippen molar-refractivity contribution in [1.29, 1.82) is 0 Å². The van der Waals surface area contributed by atoms with E-state index in [4.69, 9.17) is 9.66 Å². The zero-order chi connectivity index (χ0) is 20.6. The molecule has 0 saturated carbocycles. The van der Waals surface area contributed by atoms with Gasteiger partial charge in [-0.3, -0.25) is 15.2 Å². The quantitative estimate of drug-likeness (QED) is 0.112. The Kier molecular flexibility index (Phi) is 9.86. The van der Waals surface area contributed by atoms with Crippen LogP contribution in [0.25, 0.3) is 0 Å². The van der Waals surface area contributed by atoms with E-state index in [1.165, 1.54) is 0 Å². The van der Waals surface area contributed by atoms with Crippen LogP contribution in [0.15, 0.2) is 11.5 Å². The summed E-state index contributed by atoms with van der Waals surface area (Å²) in [4.78, 5) is 0. The summed E-state index contributed by atoms with van der Waals surface area (Å²) in [5, 5.41) is 65.1. The van der Waals surface area contributed by atoms with Gasteiger partial charge in [-0.15, -0.1) is 0 Å². The molecule has 0 fully saturated rings. The molecule has 0 amide bonds. The minimum Gasteiger partial charge on any atom is -0.495 e. The monoisotopic (exact) mass is 415 g/mol. The molecule has 0 aliphatic carbocycles. The zero-order valence-electron chi connectivity index (χ0n) is 14.7. The molecule has 13 heteroatoms. The van der Waals surface area contributed by atoms with Gasteiger partial charge >= 0.3 is 0 Å². The van der Waals surface area contributed by atoms with Gasteiger partial charge in [-0.25, -0.2) is 0 Å². The van der Waals surface area contributed by atoms with Crippen LogP contribution in [0.5, 0.6) is 0 Å². The van der Waals surface area contributed by atoms with Gasteiger partial charge in [-0.1, -0.05) is 6.42 Å². The van der Waals surface area contributed by atoms with E-state index >= 15 is 0 Å². The molecule has 12 nitrogen and oxygen atoms in total. The van der Waals surface area contributed by atoms with E-state index in [2.05, 4.69) is 16.0 Å². The summed E-state index contributed by atoms with van der Waals surface area (Å²) in [7, 11) is -4.02. The van der Waals surface area contributed by atoms with Gasteiger partial charge in [0.15, 0.2) is 12.2 Å². The van der Waals surface area contributed by atoms with Gasteiger partial charge in [0.05, 0.1) is 24.6 Å². The number of hydrogen-bond donors (Lipinski definition) is 10. The van der Waals surface area contributed by atoms with Crippen molar-refractivity contribution < 1.29 is 43.6 Å². The Balaban J connectivity index is 2.58. The highest BCUT2D eigenvalue weighted by atomic mass is 32.2. The molecule has 1 heterocycles. The molecule has 1 aliphatic heterocycles. The van der Waals surface area contributed by atoms with Crippen molar-refractivity contribution in [2.45, 2.75) is 56.5 Å². The summed E-state index contributed by atoms with van der Waals surface area (Å²) in [6.07, 6.45) is -5.03. The van der Waals surface area contributed by atoms with Crippen molar-refractivity contribution in [3.05, 3.63) is 11.5 Å². The molecule has 10 N–H and O–H groups in total. The fraction of sp³-hybridized carbons (Fsp3) is 0.857. The molecule has 5 atom stereocenters. The second-order valence-corrected chi connectivity index (χ2v) is 7.91. The molecule has 0 bridgehead atoms. The maximum Gasteiger partial charge on any atom is 0.264 e. The predicted octanol–water partition coefficient (Wildman–Crippen LogP) is -3.34. The first-order valence-corrected chi connectivity index (χ1v) is 10.1. The second kappa shape index (κ2) is 11.1. The van der Waals surface area contributed by atoms with Crippen molar-refractivity contribution in [3.8, 4) is 0 Å². The van der Waals surface area contributed by atoms with Crippen molar-refractivity contribution >= 4 is 10.1 Å². The van der Waals surface area contributed by atoms with Crippen LogP contribution in [0.4, 0.5) is 0 Å². The smallest absolute Gasteiger partial charge is 0.264 e. The Morgan fingerprint density at radius 2 is 1.78 bits per heavy atom. The van der Waals surface area contributed by atoms with Crippen molar-refractivity contribution in [2.24, 2.45) is 0 Å². The van der Waals surface area contributed by atoms with Crippen LogP contribution >= 0.6 is 0 Å². The lowest BCUT2D eigenvalue weighted by Gasteiger charge is -2.33. The van der Waals surface area contributed by atoms with Crippen LogP contribution in [0, 0.1) is 0 Å². The average Bonchev–Trinajstić information content (AvgIpc) is 2.58. The van der Waals surface area contributed by atoms with E-state index in [1.54, 1.807) is 0 Å². The number of nitrogens with one attached hydrogen (secondary N) is 3. The highest BCUT2D eigenvalue weighted by molar-refractivity contribution is 7.85. The van der Waals surface area contributed by atoms with Gasteiger partial charge in [0.2, 0.25) is 0 Å². The van der Waals surface area contributed by atoms with Crippen LogP contribution in [0.2, 0.25) is 0 Å². The average molecular weight is 415 g/mol. The SMILES string of the molecule is O=S(=O)(O)CCCCCC1=C(O)NC(O)NC1NC[C@H](O)[C@H](O)[C@H](O)CO. The van der Waals surface area contributed by atoms with Crippen LogP contribution in [0.3, 0.4) is 0 Å². The lowest BCUT2D eigenvalue weighted by atomic mass is 10.0. The first-order valence-electron chi connectivity index (χ1n) is 8.51. The van der Waals surface area contributed by atoms with Gasteiger partial charge in [-0.2, -0.15) is 8.42 Å². The first-order chi connectivity index (χ1) is 12.5. The molecule has 0 aromatic heterocycles. The summed E-state index contributed by atoms with van der Waals surface area (Å²) >= 11 is 0. The third-order valence-corrected chi connectivity index (χ3v) is 4.91. The summed E-state index contributed by atoms with van der Waals surface area (Å²) in [5.41, 5.74) is 0.413. The number of aliphatic hydroxyl groups excluding tert-OH is 6. The van der Waals surface area contributed by atoms with Gasteiger partial charge in [0.1, 0.15) is 12.2 Å². The number of rotatable bonds is 12. The molecule has 0 saturated heterocycles. The van der Waals surface area contributed by atoms with Gasteiger partial charge < -0.3 is 36.0 Å². The predicted molar refractivity (Wildman–Crippen MR) is 93.7 cm³/mol. The minimum absolute atomic E-state index is 0.220. The Bertz CT molecular complexity index is 586. The summed E-state index contributed by atoms with van der Waals surface area (Å²) < 4.78 is 30.1. The molecular formula is C14H29N3O9S. The third kappa shape index (κ3) is 8.68. The topological polar surface area (TPSA) is 212 Å². The molecule has 160 valence electrons. The Labute approximate surface area is 157 Å². The van der Waals surface area contributed by atoms with E-state index in [-0.39, 0.29) is 24.6 Å². The Hall–Kier alpha value is -1.03. The molecule has 0 aromatic rings. The van der Waals surface area contributed by atoms with Crippen LogP contribution in [-0.2, 0) is 10.1 Å². The number of unbranched alkanes of at least 4 members (excludes halogenated alkanes) is 2. The summed E-state index contributed by atoms with van der Waals surface area (Å²) in [6.45, 7) is -0.944. The molecule has 27 heavy (non-hydrogen) atoms. The van der Waals surface area contributed by atoms with Crippen LogP contribution in [0.1, 0.15) is 25.7 Å². The molecule has 0 radical (unpaired) electrons. The summed E-state index contributed by atoms with van der Waals surface area (Å²) in [5.74, 6) is -0.634. The van der Waals surface area contributed by atoms with E-state index in [9.17, 15) is 34.0 Å². The van der Waals surface area contributed by atoms with Crippen molar-refractivity contribution in [3.63, 3.8) is 0 Å². The fourth-order valence-electron chi connectivity index (χ4n) is 2.60. The standard InChI is InChI=1S/C14H29N3O9S/c18-7-10(20)11(21)9(19)6-15-12-8(13(22)17-14(23)16-12)4-2-1-3-5-27(24,25)26/h9-12,14-23H,1-7H2,(H,24,25,26)/t9-,10+,11-,12?,14?/m0/s1. The summed E-state index contributed by atoms with van der Waals surface area (Å²) in [6, 6.07) is 0. The van der Waals surface area contributed by atoms with Gasteiger partial charge in [-0.05, 0) is 19.3 Å². The minimum atomic E-state index is -4.02. The molecular weight excluding hydrogens is 386 g/mol. The van der Waals surface area contributed by atoms with Gasteiger partial charge in [0.25, 0.3) is 10.1 Å². The molecule has 2 unspecified atom stereocenters. The maximum absolute atomic E-state index is 10.7. The largest absolute Gasteiger partial charge is 0.495 e. The van der Waals surface area contributed by atoms with E-state index in [0.717, 1.165) is 0 Å². The maximum atomic E-state index is 10.7. The normalized spacial score (nSPS) is 24.4. The Morgan fingerprint density at radius 3 is 2.37 bits per heavy atom. The number of hydrogen-bond acceptors (Lipinski definition) is 11. The lowest BCUT2D eigenvalue weighted by molar-refractivity contribution is -0.0761. The molecule has 1 rings (SSSR count). The highest BCUT2D eigenvalue weighted by Gasteiger charge is 2.29. The fourth-order valence-corrected chi connectivity index (χ4v) is 3.17. The van der Waals surface area contributed by atoms with E-state index in [1.807, 2.05) is 0 Å². The molecule has 1 aliphatic rings. The van der Waals surface area contributed by atoms with E-state index in [0.29, 0.717) is 24.8 Å². The highest BCUT2D eigenvalue weighted by Crippen LogP contribution is 2.18. The van der Waals surface area contributed by atoms with Crippen molar-refractivity contribution in [1.82, 2.24) is 16.0 Å².